The maximum atomic E-state index is 9.12. The second kappa shape index (κ2) is 4.19. The van der Waals surface area contributed by atoms with Crippen molar-refractivity contribution in [3.63, 3.8) is 0 Å². The lowest BCUT2D eigenvalue weighted by Crippen LogP contribution is -2.09. The van der Waals surface area contributed by atoms with Gasteiger partial charge in [0.2, 0.25) is 0 Å². The van der Waals surface area contributed by atoms with Gasteiger partial charge < -0.3 is 5.73 Å². The number of nitrogens with zero attached hydrogens (tertiary/aromatic N) is 3. The molecule has 0 saturated heterocycles. The van der Waals surface area contributed by atoms with Crippen molar-refractivity contribution in [2.75, 3.05) is 5.73 Å². The Morgan fingerprint density at radius 1 is 1.33 bits per heavy atom. The first-order valence-electron chi connectivity index (χ1n) is 5.77. The molecule has 2 rings (SSSR count). The summed E-state index contributed by atoms with van der Waals surface area (Å²) in [7, 11) is 0. The largest absolute Gasteiger partial charge is 0.399 e. The number of benzene rings is 1. The molecule has 0 aliphatic heterocycles. The lowest BCUT2D eigenvalue weighted by molar-refractivity contribution is 0.590. The Morgan fingerprint density at radius 2 is 2.06 bits per heavy atom. The van der Waals surface area contributed by atoms with Crippen LogP contribution in [0.2, 0.25) is 0 Å². The molecule has 0 unspecified atom stereocenters. The number of hydrogen-bond donors (Lipinski definition) is 1. The fourth-order valence-corrected chi connectivity index (χ4v) is 1.68. The van der Waals surface area contributed by atoms with Crippen molar-refractivity contribution in [3.8, 4) is 11.8 Å². The van der Waals surface area contributed by atoms with Crippen LogP contribution in [0.5, 0.6) is 0 Å². The third-order valence-electron chi connectivity index (χ3n) is 2.84. The van der Waals surface area contributed by atoms with E-state index in [9.17, 15) is 0 Å². The van der Waals surface area contributed by atoms with Gasteiger partial charge in [0.1, 0.15) is 6.07 Å². The molecule has 0 aliphatic rings. The Bertz CT molecular complexity index is 611. The summed E-state index contributed by atoms with van der Waals surface area (Å²) in [6.45, 7) is 6.38. The average Bonchev–Trinajstić information content (AvgIpc) is 2.77. The van der Waals surface area contributed by atoms with Gasteiger partial charge in [0.05, 0.1) is 17.4 Å². The highest BCUT2D eigenvalue weighted by atomic mass is 15.3. The highest BCUT2D eigenvalue weighted by Crippen LogP contribution is 2.23. The van der Waals surface area contributed by atoms with E-state index in [1.54, 1.807) is 16.8 Å². The van der Waals surface area contributed by atoms with Crippen LogP contribution >= 0.6 is 0 Å². The quantitative estimate of drug-likeness (QED) is 0.779. The van der Waals surface area contributed by atoms with Crippen LogP contribution in [0.1, 0.15) is 31.9 Å². The summed E-state index contributed by atoms with van der Waals surface area (Å²) in [4.78, 5) is 0. The molecule has 92 valence electrons. The summed E-state index contributed by atoms with van der Waals surface area (Å²) in [5.74, 6) is 0. The smallest absolute Gasteiger partial charge is 0.101 e. The molecule has 1 aromatic carbocycles. The van der Waals surface area contributed by atoms with Crippen LogP contribution < -0.4 is 5.73 Å². The molecule has 2 N–H and O–H groups in total. The Kier molecular flexibility index (Phi) is 2.84. The molecule has 0 aliphatic carbocycles. The van der Waals surface area contributed by atoms with Crippen molar-refractivity contribution in [3.05, 3.63) is 41.7 Å². The monoisotopic (exact) mass is 240 g/mol. The van der Waals surface area contributed by atoms with Gasteiger partial charge in [-0.1, -0.05) is 20.8 Å². The molecule has 0 spiro atoms. The molecule has 0 saturated carbocycles. The molecule has 0 atom stereocenters. The number of nitrogens with two attached hydrogens (primary N) is 1. The number of aromatic nitrogens is 2. The van der Waals surface area contributed by atoms with Crippen LogP contribution in [0.4, 0.5) is 5.69 Å². The molecule has 0 bridgehead atoms. The van der Waals surface area contributed by atoms with E-state index >= 15 is 0 Å². The Morgan fingerprint density at radius 3 is 2.61 bits per heavy atom. The van der Waals surface area contributed by atoms with E-state index < -0.39 is 0 Å². The summed E-state index contributed by atoms with van der Waals surface area (Å²) in [6, 6.07) is 7.39. The molecule has 1 aromatic heterocycles. The molecule has 4 heteroatoms. The number of hydrogen-bond acceptors (Lipinski definition) is 3. The SMILES string of the molecule is CC(C)(C)c1cnn(-c2ccc(N)cc2C#N)c1. The predicted octanol–water partition coefficient (Wildman–Crippen LogP) is 2.62. The van der Waals surface area contributed by atoms with E-state index in [0.717, 1.165) is 11.3 Å². The van der Waals surface area contributed by atoms with Crippen molar-refractivity contribution < 1.29 is 0 Å². The number of nitrogen functional groups attached to an aromatic ring is 1. The standard InChI is InChI=1S/C14H16N4/c1-14(2,3)11-8-17-18(9-11)13-5-4-12(16)6-10(13)7-15/h4-6,8-9H,16H2,1-3H3. The summed E-state index contributed by atoms with van der Waals surface area (Å²) in [5.41, 5.74) is 8.70. The molecule has 4 nitrogen and oxygen atoms in total. The van der Waals surface area contributed by atoms with Gasteiger partial charge in [-0.2, -0.15) is 10.4 Å². The summed E-state index contributed by atoms with van der Waals surface area (Å²) < 4.78 is 1.72. The van der Waals surface area contributed by atoms with E-state index in [0.29, 0.717) is 11.3 Å². The third-order valence-corrected chi connectivity index (χ3v) is 2.84. The predicted molar refractivity (Wildman–Crippen MR) is 71.4 cm³/mol. The maximum Gasteiger partial charge on any atom is 0.101 e. The van der Waals surface area contributed by atoms with Crippen LogP contribution in [-0.4, -0.2) is 9.78 Å². The molecule has 0 radical (unpaired) electrons. The van der Waals surface area contributed by atoms with Gasteiger partial charge in [-0.15, -0.1) is 0 Å². The normalized spacial score (nSPS) is 11.2. The maximum absolute atomic E-state index is 9.12. The van der Waals surface area contributed by atoms with Crippen molar-refractivity contribution in [2.45, 2.75) is 26.2 Å². The first-order valence-corrected chi connectivity index (χ1v) is 5.77. The minimum absolute atomic E-state index is 0.0405. The van der Waals surface area contributed by atoms with E-state index in [4.69, 9.17) is 11.0 Å². The zero-order chi connectivity index (χ0) is 13.3. The fourth-order valence-electron chi connectivity index (χ4n) is 1.68. The van der Waals surface area contributed by atoms with E-state index in [-0.39, 0.29) is 5.41 Å². The minimum Gasteiger partial charge on any atom is -0.399 e. The van der Waals surface area contributed by atoms with Crippen LogP contribution in [0, 0.1) is 11.3 Å². The first kappa shape index (κ1) is 12.2. The van der Waals surface area contributed by atoms with Crippen molar-refractivity contribution in [1.29, 1.82) is 5.26 Å². The van der Waals surface area contributed by atoms with Gasteiger partial charge in [0, 0.05) is 11.9 Å². The number of anilines is 1. The number of nitriles is 1. The molecule has 1 heterocycles. The van der Waals surface area contributed by atoms with Gasteiger partial charge >= 0.3 is 0 Å². The Labute approximate surface area is 107 Å². The molecular formula is C14H16N4. The van der Waals surface area contributed by atoms with Gasteiger partial charge in [-0.3, -0.25) is 0 Å². The Hall–Kier alpha value is -2.28. The van der Waals surface area contributed by atoms with Crippen LogP contribution in [0.3, 0.4) is 0 Å². The summed E-state index contributed by atoms with van der Waals surface area (Å²) in [5, 5.41) is 13.4. The second-order valence-electron chi connectivity index (χ2n) is 5.31. The Balaban J connectivity index is 2.50. The van der Waals surface area contributed by atoms with E-state index in [1.807, 2.05) is 18.5 Å². The summed E-state index contributed by atoms with van der Waals surface area (Å²) >= 11 is 0. The van der Waals surface area contributed by atoms with Crippen LogP contribution in [0.15, 0.2) is 30.6 Å². The molecule has 2 aromatic rings. The summed E-state index contributed by atoms with van der Waals surface area (Å²) in [6.07, 6.45) is 3.78. The van der Waals surface area contributed by atoms with E-state index in [1.165, 1.54) is 0 Å². The van der Waals surface area contributed by atoms with Gasteiger partial charge in [0.25, 0.3) is 0 Å². The fraction of sp³-hybridized carbons (Fsp3) is 0.286. The molecule has 0 amide bonds. The zero-order valence-corrected chi connectivity index (χ0v) is 10.8. The highest BCUT2D eigenvalue weighted by molar-refractivity contribution is 5.56. The van der Waals surface area contributed by atoms with Crippen molar-refractivity contribution in [2.24, 2.45) is 0 Å². The average molecular weight is 240 g/mol. The highest BCUT2D eigenvalue weighted by Gasteiger charge is 2.16. The van der Waals surface area contributed by atoms with E-state index in [2.05, 4.69) is 31.9 Å². The van der Waals surface area contributed by atoms with Crippen LogP contribution in [-0.2, 0) is 5.41 Å². The first-order chi connectivity index (χ1) is 8.41. The minimum atomic E-state index is 0.0405. The van der Waals surface area contributed by atoms with Gasteiger partial charge in [0.15, 0.2) is 0 Å². The molecule has 0 fully saturated rings. The third kappa shape index (κ3) is 2.21. The molecule has 18 heavy (non-hydrogen) atoms. The van der Waals surface area contributed by atoms with Crippen LogP contribution in [0.25, 0.3) is 5.69 Å². The number of rotatable bonds is 1. The lowest BCUT2D eigenvalue weighted by Gasteiger charge is -2.15. The van der Waals surface area contributed by atoms with Crippen molar-refractivity contribution >= 4 is 5.69 Å². The zero-order valence-electron chi connectivity index (χ0n) is 10.8. The van der Waals surface area contributed by atoms with Gasteiger partial charge in [-0.25, -0.2) is 4.68 Å². The van der Waals surface area contributed by atoms with Gasteiger partial charge in [-0.05, 0) is 29.2 Å². The second-order valence-corrected chi connectivity index (χ2v) is 5.31. The lowest BCUT2D eigenvalue weighted by atomic mass is 9.90. The molecular weight excluding hydrogens is 224 g/mol. The topological polar surface area (TPSA) is 67.6 Å². The van der Waals surface area contributed by atoms with Crippen molar-refractivity contribution in [1.82, 2.24) is 9.78 Å².